The van der Waals surface area contributed by atoms with Gasteiger partial charge in [0, 0.05) is 19.2 Å². The number of ether oxygens (including phenoxy) is 2. The largest absolute Gasteiger partial charge is 0.496 e. The summed E-state index contributed by atoms with van der Waals surface area (Å²) < 4.78 is 136. The first-order valence-electron chi connectivity index (χ1n) is 16.3. The number of rotatable bonds is 9. The van der Waals surface area contributed by atoms with Crippen LogP contribution in [0.4, 0.5) is 50.0 Å². The predicted octanol–water partition coefficient (Wildman–Crippen LogP) is 9.76. The monoisotopic (exact) mass is 766 g/mol. The van der Waals surface area contributed by atoms with Gasteiger partial charge in [0.15, 0.2) is 0 Å². The van der Waals surface area contributed by atoms with Crippen LogP contribution in [0, 0.1) is 10.8 Å². The second-order valence-electron chi connectivity index (χ2n) is 14.8. The fraction of sp³-hybridized carbons (Fsp3) is 0.528. The van der Waals surface area contributed by atoms with Gasteiger partial charge in [0.05, 0.1) is 47.4 Å². The first-order valence-corrected chi connectivity index (χ1v) is 16.3. The van der Waals surface area contributed by atoms with Crippen LogP contribution in [0.1, 0.15) is 94.2 Å². The summed E-state index contributed by atoms with van der Waals surface area (Å²) in [6.45, 7) is 7.54. The van der Waals surface area contributed by atoms with Gasteiger partial charge in [0.2, 0.25) is 5.91 Å². The topological polar surface area (TPSA) is 96.4 Å². The maximum atomic E-state index is 14.5. The smallest absolute Gasteiger partial charge is 0.418 e. The van der Waals surface area contributed by atoms with Gasteiger partial charge >= 0.3 is 30.6 Å². The number of aliphatic carboxylic acids is 1. The van der Waals surface area contributed by atoms with E-state index in [4.69, 9.17) is 9.47 Å². The number of methoxy groups -OCH3 is 1. The van der Waals surface area contributed by atoms with E-state index in [1.807, 2.05) is 13.8 Å². The van der Waals surface area contributed by atoms with Crippen molar-refractivity contribution in [2.45, 2.75) is 91.0 Å². The lowest BCUT2D eigenvalue weighted by Crippen LogP contribution is -2.40. The van der Waals surface area contributed by atoms with Gasteiger partial charge in [-0.3, -0.25) is 14.5 Å². The highest BCUT2D eigenvalue weighted by Gasteiger charge is 2.45. The number of carboxylic acids is 1. The molecule has 1 aliphatic carbocycles. The molecule has 0 radical (unpaired) electrons. The molecule has 0 spiro atoms. The Morgan fingerprint density at radius 2 is 1.53 bits per heavy atom. The molecule has 0 bridgehead atoms. The van der Waals surface area contributed by atoms with Gasteiger partial charge < -0.3 is 19.5 Å². The van der Waals surface area contributed by atoms with Crippen LogP contribution in [0.25, 0.3) is 5.57 Å². The lowest BCUT2D eigenvalue weighted by atomic mass is 9.72. The Morgan fingerprint density at radius 3 is 2.02 bits per heavy atom. The van der Waals surface area contributed by atoms with Crippen molar-refractivity contribution < 1.29 is 68.5 Å². The van der Waals surface area contributed by atoms with Crippen molar-refractivity contribution in [2.24, 2.45) is 10.8 Å². The lowest BCUT2D eigenvalue weighted by Gasteiger charge is -2.36. The normalized spacial score (nSPS) is 19.7. The molecular weight excluding hydrogens is 727 g/mol. The Bertz CT molecular complexity index is 1780. The van der Waals surface area contributed by atoms with Crippen LogP contribution in [0.5, 0.6) is 5.75 Å². The fourth-order valence-electron chi connectivity index (χ4n) is 6.89. The number of nitrogens with zero attached hydrogens (tertiary/aromatic N) is 2. The van der Waals surface area contributed by atoms with Crippen LogP contribution in [0.15, 0.2) is 35.9 Å². The first kappa shape index (κ1) is 41.3. The summed E-state index contributed by atoms with van der Waals surface area (Å²) in [5.41, 5.74) is -6.44. The van der Waals surface area contributed by atoms with Crippen LogP contribution < -0.4 is 9.64 Å². The second-order valence-corrected chi connectivity index (χ2v) is 14.8. The molecule has 1 heterocycles. The van der Waals surface area contributed by atoms with E-state index in [0.29, 0.717) is 29.7 Å². The third kappa shape index (κ3) is 8.86. The standard InChI is InChI=1S/C36H39F9N2O6/c1-18-29(19-10-21(34(37,38)39)12-22(11-19)35(40,41)42)53-31(51)47(18)17-20-15-32(2,3)9-8-23(20)24-13-26(25(36(43,44)45)14-27(24)52-7)46(6)30(50)33(4,5)16-28(48)49/h10-14,18,29H,8-9,15-17H2,1-7H3,(H,48,49)/t18-,29-/m0/s1. The van der Waals surface area contributed by atoms with E-state index in [1.165, 1.54) is 20.8 Å². The molecule has 2 amide bonds. The summed E-state index contributed by atoms with van der Waals surface area (Å²) in [4.78, 5) is 40.0. The van der Waals surface area contributed by atoms with Gasteiger partial charge in [-0.25, -0.2) is 4.79 Å². The van der Waals surface area contributed by atoms with E-state index in [2.05, 4.69) is 0 Å². The molecule has 1 N–H and O–H groups in total. The Morgan fingerprint density at radius 1 is 0.962 bits per heavy atom. The quantitative estimate of drug-likeness (QED) is 0.256. The van der Waals surface area contributed by atoms with Crippen molar-refractivity contribution >= 4 is 29.2 Å². The summed E-state index contributed by atoms with van der Waals surface area (Å²) >= 11 is 0. The number of hydrogen-bond acceptors (Lipinski definition) is 5. The van der Waals surface area contributed by atoms with E-state index >= 15 is 0 Å². The highest BCUT2D eigenvalue weighted by Crippen LogP contribution is 2.49. The number of carboxylic acid groups (broad SMARTS) is 1. The number of carbonyl (C=O) groups is 3. The number of halogens is 9. The molecular formula is C36H39F9N2O6. The van der Waals surface area contributed by atoms with E-state index in [9.17, 15) is 59.0 Å². The minimum absolute atomic E-state index is 0.0340. The number of carbonyl (C=O) groups excluding carboxylic acids is 2. The van der Waals surface area contributed by atoms with Gasteiger partial charge in [-0.2, -0.15) is 39.5 Å². The van der Waals surface area contributed by atoms with Gasteiger partial charge in [0.1, 0.15) is 11.9 Å². The number of anilines is 1. The van der Waals surface area contributed by atoms with Crippen molar-refractivity contribution in [3.05, 3.63) is 63.7 Å². The molecule has 2 aliphatic rings. The molecule has 1 aliphatic heterocycles. The minimum Gasteiger partial charge on any atom is -0.496 e. The number of cyclic esters (lactones) is 1. The number of benzene rings is 2. The van der Waals surface area contributed by atoms with Crippen molar-refractivity contribution in [1.29, 1.82) is 0 Å². The third-order valence-electron chi connectivity index (χ3n) is 9.65. The highest BCUT2D eigenvalue weighted by molar-refractivity contribution is 6.00. The van der Waals surface area contributed by atoms with Gasteiger partial charge in [-0.1, -0.05) is 27.7 Å². The molecule has 1 saturated heterocycles. The minimum atomic E-state index is -5.14. The molecule has 17 heteroatoms. The zero-order chi connectivity index (χ0) is 40.2. The molecule has 2 aromatic rings. The number of alkyl halides is 9. The van der Waals surface area contributed by atoms with Crippen LogP contribution in [-0.2, 0) is 32.9 Å². The Labute approximate surface area is 299 Å². The summed E-state index contributed by atoms with van der Waals surface area (Å²) in [5, 5.41) is 9.31. The van der Waals surface area contributed by atoms with Crippen molar-refractivity contribution in [2.75, 3.05) is 25.6 Å². The van der Waals surface area contributed by atoms with Crippen molar-refractivity contribution in [3.63, 3.8) is 0 Å². The summed E-state index contributed by atoms with van der Waals surface area (Å²) in [6.07, 6.45) is -17.5. The molecule has 4 rings (SSSR count). The summed E-state index contributed by atoms with van der Waals surface area (Å²) in [5.74, 6) is -2.48. The van der Waals surface area contributed by atoms with Gasteiger partial charge in [-0.15, -0.1) is 0 Å². The average Bonchev–Trinajstić information content (AvgIpc) is 3.29. The molecule has 2 atom stereocenters. The molecule has 2 aromatic carbocycles. The zero-order valence-corrected chi connectivity index (χ0v) is 29.9. The van der Waals surface area contributed by atoms with E-state index < -0.39 is 93.8 Å². The Hall–Kier alpha value is -4.44. The van der Waals surface area contributed by atoms with Crippen molar-refractivity contribution in [1.82, 2.24) is 4.90 Å². The number of allylic oxidation sites excluding steroid dienone is 1. The Balaban J connectivity index is 1.85. The lowest BCUT2D eigenvalue weighted by molar-refractivity contribution is -0.144. The molecule has 8 nitrogen and oxygen atoms in total. The van der Waals surface area contributed by atoms with Crippen LogP contribution in [0.2, 0.25) is 0 Å². The second kappa shape index (κ2) is 14.1. The maximum Gasteiger partial charge on any atom is 0.418 e. The number of amides is 2. The van der Waals surface area contributed by atoms with E-state index in [1.54, 1.807) is 0 Å². The SMILES string of the molecule is COc1cc(C(F)(F)F)c(N(C)C(=O)C(C)(C)CC(=O)O)cc1C1=C(CN2C(=O)O[C@H](c3cc(C(F)(F)F)cc(C(F)(F)F)c3)[C@@H]2C)CC(C)(C)CC1. The molecule has 0 saturated carbocycles. The third-order valence-corrected chi connectivity index (χ3v) is 9.65. The average molecular weight is 767 g/mol. The van der Waals surface area contributed by atoms with E-state index in [0.717, 1.165) is 36.1 Å². The van der Waals surface area contributed by atoms with Crippen molar-refractivity contribution in [3.8, 4) is 5.75 Å². The maximum absolute atomic E-state index is 14.5. The van der Waals surface area contributed by atoms with Crippen LogP contribution >= 0.6 is 0 Å². The van der Waals surface area contributed by atoms with Crippen LogP contribution in [-0.4, -0.2) is 54.7 Å². The molecule has 292 valence electrons. The summed E-state index contributed by atoms with van der Waals surface area (Å²) in [6, 6.07) is 1.69. The van der Waals surface area contributed by atoms with Gasteiger partial charge in [0.25, 0.3) is 0 Å². The molecule has 1 fully saturated rings. The van der Waals surface area contributed by atoms with Crippen LogP contribution in [0.3, 0.4) is 0 Å². The van der Waals surface area contributed by atoms with E-state index in [-0.39, 0.29) is 36.8 Å². The Kier molecular flexibility index (Phi) is 11.0. The summed E-state index contributed by atoms with van der Waals surface area (Å²) in [7, 11) is 2.23. The predicted molar refractivity (Wildman–Crippen MR) is 174 cm³/mol. The molecule has 0 unspecified atom stereocenters. The number of hydrogen-bond donors (Lipinski definition) is 1. The highest BCUT2D eigenvalue weighted by atomic mass is 19.4. The zero-order valence-electron chi connectivity index (χ0n) is 29.9. The van der Waals surface area contributed by atoms with Gasteiger partial charge in [-0.05, 0) is 78.6 Å². The fourth-order valence-corrected chi connectivity index (χ4v) is 6.89. The molecule has 0 aromatic heterocycles. The molecule has 53 heavy (non-hydrogen) atoms. The first-order chi connectivity index (χ1) is 24.1.